The number of hydrogen-bond acceptors (Lipinski definition) is 1. The van der Waals surface area contributed by atoms with Crippen molar-refractivity contribution in [2.24, 2.45) is 0 Å². The van der Waals surface area contributed by atoms with Gasteiger partial charge in [0.1, 0.15) is 0 Å². The SMILES string of the molecule is C=C(CC(=O)O)c1ccccc1. The molecule has 0 aliphatic heterocycles. The first kappa shape index (κ1) is 8.53. The lowest BCUT2D eigenvalue weighted by atomic mass is 10.1. The Bertz CT molecular complexity index is 288. The van der Waals surface area contributed by atoms with Crippen LogP contribution in [0.5, 0.6) is 0 Å². The van der Waals surface area contributed by atoms with Gasteiger partial charge in [-0.25, -0.2) is 0 Å². The number of benzene rings is 1. The fourth-order valence-electron chi connectivity index (χ4n) is 0.958. The molecule has 0 saturated heterocycles. The molecule has 1 N–H and O–H groups in total. The molecule has 0 aromatic heterocycles. The Morgan fingerprint density at radius 2 is 1.92 bits per heavy atom. The Balaban J connectivity index is 2.73. The minimum atomic E-state index is -0.844. The second kappa shape index (κ2) is 3.72. The first-order valence-electron chi connectivity index (χ1n) is 3.65. The molecule has 12 heavy (non-hydrogen) atoms. The molecule has 0 unspecified atom stereocenters. The monoisotopic (exact) mass is 162 g/mol. The molecule has 2 heteroatoms. The van der Waals surface area contributed by atoms with Gasteiger partial charge < -0.3 is 5.11 Å². The van der Waals surface area contributed by atoms with E-state index in [9.17, 15) is 4.79 Å². The van der Waals surface area contributed by atoms with Crippen molar-refractivity contribution in [3.8, 4) is 0 Å². The lowest BCUT2D eigenvalue weighted by Gasteiger charge is -2.00. The Morgan fingerprint density at radius 1 is 1.33 bits per heavy atom. The van der Waals surface area contributed by atoms with E-state index in [-0.39, 0.29) is 6.42 Å². The summed E-state index contributed by atoms with van der Waals surface area (Å²) in [6.45, 7) is 3.68. The highest BCUT2D eigenvalue weighted by atomic mass is 16.4. The van der Waals surface area contributed by atoms with Crippen LogP contribution in [0.1, 0.15) is 12.0 Å². The van der Waals surface area contributed by atoms with Crippen molar-refractivity contribution in [2.45, 2.75) is 6.42 Å². The molecule has 1 aromatic rings. The zero-order valence-corrected chi connectivity index (χ0v) is 6.66. The fourth-order valence-corrected chi connectivity index (χ4v) is 0.958. The lowest BCUT2D eigenvalue weighted by Crippen LogP contribution is -1.95. The van der Waals surface area contributed by atoms with Crippen LogP contribution in [0.15, 0.2) is 36.9 Å². The highest BCUT2D eigenvalue weighted by molar-refractivity contribution is 5.82. The third kappa shape index (κ3) is 2.23. The van der Waals surface area contributed by atoms with Crippen molar-refractivity contribution < 1.29 is 9.90 Å². The van der Waals surface area contributed by atoms with E-state index in [0.717, 1.165) is 5.56 Å². The molecule has 0 saturated carbocycles. The summed E-state index contributed by atoms with van der Waals surface area (Å²) in [6.07, 6.45) is 0.00398. The van der Waals surface area contributed by atoms with Crippen molar-refractivity contribution in [3.05, 3.63) is 42.5 Å². The molecule has 0 aliphatic carbocycles. The third-order valence-electron chi connectivity index (χ3n) is 1.55. The number of rotatable bonds is 3. The molecule has 0 fully saturated rings. The van der Waals surface area contributed by atoms with E-state index < -0.39 is 5.97 Å². The van der Waals surface area contributed by atoms with Gasteiger partial charge in [-0.1, -0.05) is 36.9 Å². The maximum Gasteiger partial charge on any atom is 0.307 e. The van der Waals surface area contributed by atoms with Gasteiger partial charge in [-0.2, -0.15) is 0 Å². The Hall–Kier alpha value is -1.57. The smallest absolute Gasteiger partial charge is 0.307 e. The van der Waals surface area contributed by atoms with Gasteiger partial charge in [-0.15, -0.1) is 0 Å². The van der Waals surface area contributed by atoms with Crippen LogP contribution in [-0.4, -0.2) is 11.1 Å². The molecule has 0 atom stereocenters. The van der Waals surface area contributed by atoms with Gasteiger partial charge in [-0.3, -0.25) is 4.79 Å². The van der Waals surface area contributed by atoms with Gasteiger partial charge in [-0.05, 0) is 11.1 Å². The summed E-state index contributed by atoms with van der Waals surface area (Å²) in [7, 11) is 0. The Labute approximate surface area is 71.2 Å². The van der Waals surface area contributed by atoms with Gasteiger partial charge in [0.05, 0.1) is 6.42 Å². The minimum absolute atomic E-state index is 0.00398. The Morgan fingerprint density at radius 3 is 2.42 bits per heavy atom. The second-order valence-electron chi connectivity index (χ2n) is 2.54. The van der Waals surface area contributed by atoms with Crippen molar-refractivity contribution in [1.82, 2.24) is 0 Å². The first-order chi connectivity index (χ1) is 5.70. The van der Waals surface area contributed by atoms with Crippen LogP contribution in [-0.2, 0) is 4.79 Å². The van der Waals surface area contributed by atoms with E-state index >= 15 is 0 Å². The fraction of sp³-hybridized carbons (Fsp3) is 0.100. The van der Waals surface area contributed by atoms with Gasteiger partial charge >= 0.3 is 5.97 Å². The quantitative estimate of drug-likeness (QED) is 0.739. The van der Waals surface area contributed by atoms with Crippen molar-refractivity contribution in [1.29, 1.82) is 0 Å². The number of carbonyl (C=O) groups is 1. The number of aliphatic carboxylic acids is 1. The van der Waals surface area contributed by atoms with Crippen molar-refractivity contribution in [3.63, 3.8) is 0 Å². The molecule has 1 rings (SSSR count). The first-order valence-corrected chi connectivity index (χ1v) is 3.65. The maximum absolute atomic E-state index is 10.3. The normalized spacial score (nSPS) is 9.33. The van der Waals surface area contributed by atoms with Gasteiger partial charge in [0.25, 0.3) is 0 Å². The highest BCUT2D eigenvalue weighted by Crippen LogP contribution is 2.14. The zero-order chi connectivity index (χ0) is 8.97. The van der Waals surface area contributed by atoms with Gasteiger partial charge in [0.2, 0.25) is 0 Å². The predicted octanol–water partition coefficient (Wildman–Crippen LogP) is 2.17. The summed E-state index contributed by atoms with van der Waals surface area (Å²) in [5.74, 6) is -0.844. The van der Waals surface area contributed by atoms with E-state index in [1.54, 1.807) is 0 Å². The lowest BCUT2D eigenvalue weighted by molar-refractivity contribution is -0.135. The van der Waals surface area contributed by atoms with Crippen molar-refractivity contribution >= 4 is 11.5 Å². The minimum Gasteiger partial charge on any atom is -0.481 e. The molecular formula is C10H10O2. The van der Waals surface area contributed by atoms with Crippen LogP contribution in [0, 0.1) is 0 Å². The number of carboxylic acids is 1. The largest absolute Gasteiger partial charge is 0.481 e. The van der Waals surface area contributed by atoms with Crippen LogP contribution in [0.25, 0.3) is 5.57 Å². The Kier molecular flexibility index (Phi) is 2.64. The van der Waals surface area contributed by atoms with Crippen molar-refractivity contribution in [2.75, 3.05) is 0 Å². The molecule has 0 radical (unpaired) electrons. The van der Waals surface area contributed by atoms with E-state index in [1.807, 2.05) is 30.3 Å². The average Bonchev–Trinajstić information content (AvgIpc) is 2.05. The molecule has 0 spiro atoms. The van der Waals surface area contributed by atoms with E-state index in [0.29, 0.717) is 5.57 Å². The predicted molar refractivity (Wildman–Crippen MR) is 47.7 cm³/mol. The molecular weight excluding hydrogens is 152 g/mol. The summed E-state index contributed by atoms with van der Waals surface area (Å²) in [5, 5.41) is 8.48. The summed E-state index contributed by atoms with van der Waals surface area (Å²) < 4.78 is 0. The van der Waals surface area contributed by atoms with E-state index in [2.05, 4.69) is 6.58 Å². The molecule has 1 aromatic carbocycles. The van der Waals surface area contributed by atoms with Crippen LogP contribution in [0.3, 0.4) is 0 Å². The maximum atomic E-state index is 10.3. The van der Waals surface area contributed by atoms with Crippen LogP contribution in [0.2, 0.25) is 0 Å². The molecule has 0 amide bonds. The zero-order valence-electron chi connectivity index (χ0n) is 6.66. The second-order valence-corrected chi connectivity index (χ2v) is 2.54. The molecule has 0 aliphatic rings. The summed E-state index contributed by atoms with van der Waals surface area (Å²) in [4.78, 5) is 10.3. The molecule has 2 nitrogen and oxygen atoms in total. The van der Waals surface area contributed by atoms with Crippen LogP contribution >= 0.6 is 0 Å². The summed E-state index contributed by atoms with van der Waals surface area (Å²) in [5.41, 5.74) is 1.53. The standard InChI is InChI=1S/C10H10O2/c1-8(7-10(11)12)9-5-3-2-4-6-9/h2-6H,1,7H2,(H,11,12). The van der Waals surface area contributed by atoms with Gasteiger partial charge in [0, 0.05) is 0 Å². The van der Waals surface area contributed by atoms with Gasteiger partial charge in [0.15, 0.2) is 0 Å². The van der Waals surface area contributed by atoms with Crippen LogP contribution < -0.4 is 0 Å². The molecule has 0 heterocycles. The highest BCUT2D eigenvalue weighted by Gasteiger charge is 2.02. The molecule has 0 bridgehead atoms. The van der Waals surface area contributed by atoms with Crippen LogP contribution in [0.4, 0.5) is 0 Å². The number of hydrogen-bond donors (Lipinski definition) is 1. The summed E-state index contributed by atoms with van der Waals surface area (Å²) in [6, 6.07) is 9.32. The van der Waals surface area contributed by atoms with E-state index in [1.165, 1.54) is 0 Å². The molecule has 62 valence electrons. The average molecular weight is 162 g/mol. The summed E-state index contributed by atoms with van der Waals surface area (Å²) >= 11 is 0. The third-order valence-corrected chi connectivity index (χ3v) is 1.55. The topological polar surface area (TPSA) is 37.3 Å². The van der Waals surface area contributed by atoms with E-state index in [4.69, 9.17) is 5.11 Å². The number of carboxylic acid groups (broad SMARTS) is 1.